The second kappa shape index (κ2) is 8.11. The Labute approximate surface area is 151 Å². The van der Waals surface area contributed by atoms with Gasteiger partial charge in [0.25, 0.3) is 11.8 Å². The highest BCUT2D eigenvalue weighted by Gasteiger charge is 2.29. The molecule has 0 aliphatic rings. The molecule has 1 atom stereocenters. The summed E-state index contributed by atoms with van der Waals surface area (Å²) in [4.78, 5) is 26.3. The zero-order valence-electron chi connectivity index (χ0n) is 14.4. The van der Waals surface area contributed by atoms with E-state index >= 15 is 0 Å². The van der Waals surface area contributed by atoms with E-state index in [0.29, 0.717) is 0 Å². The van der Waals surface area contributed by atoms with Crippen molar-refractivity contribution >= 4 is 11.8 Å². The zero-order valence-corrected chi connectivity index (χ0v) is 14.4. The minimum atomic E-state index is -4.58. The summed E-state index contributed by atoms with van der Waals surface area (Å²) in [6.07, 6.45) is -5.40. The quantitative estimate of drug-likeness (QED) is 0.667. The summed E-state index contributed by atoms with van der Waals surface area (Å²) in [7, 11) is 1.33. The topological polar surface area (TPSA) is 83.2 Å². The van der Waals surface area contributed by atoms with Crippen LogP contribution < -0.4 is 15.4 Å². The Morgan fingerprint density at radius 1 is 1.22 bits per heavy atom. The van der Waals surface area contributed by atoms with Gasteiger partial charge >= 0.3 is 6.18 Å². The Hall–Kier alpha value is -3.04. The van der Waals surface area contributed by atoms with Gasteiger partial charge in [0.2, 0.25) is 0 Å². The van der Waals surface area contributed by atoms with Crippen molar-refractivity contribution in [1.29, 1.82) is 0 Å². The van der Waals surface area contributed by atoms with E-state index < -0.39 is 36.5 Å². The Kier molecular flexibility index (Phi) is 6.09. The van der Waals surface area contributed by atoms with Gasteiger partial charge in [0, 0.05) is 18.7 Å². The van der Waals surface area contributed by atoms with Crippen molar-refractivity contribution in [3.63, 3.8) is 0 Å². The molecular weight excluding hydrogens is 370 g/mol. The number of halogens is 4. The number of hydrogen-bond donors (Lipinski definition) is 3. The summed E-state index contributed by atoms with van der Waals surface area (Å²) in [6.45, 7) is 0.00439. The average molecular weight is 387 g/mol. The Bertz CT molecular complexity index is 833. The van der Waals surface area contributed by atoms with Crippen molar-refractivity contribution in [2.24, 2.45) is 0 Å². The molecule has 0 bridgehead atoms. The Morgan fingerprint density at radius 3 is 2.48 bits per heavy atom. The van der Waals surface area contributed by atoms with Gasteiger partial charge in [0.15, 0.2) is 5.75 Å². The van der Waals surface area contributed by atoms with Gasteiger partial charge in [-0.1, -0.05) is 18.2 Å². The van der Waals surface area contributed by atoms with Crippen LogP contribution in [0.25, 0.3) is 0 Å². The van der Waals surface area contributed by atoms with E-state index in [-0.39, 0.29) is 22.7 Å². The molecule has 3 N–H and O–H groups in total. The molecule has 0 saturated carbocycles. The number of alkyl halides is 3. The van der Waals surface area contributed by atoms with Gasteiger partial charge in [-0.15, -0.1) is 0 Å². The molecule has 0 aliphatic heterocycles. The van der Waals surface area contributed by atoms with Gasteiger partial charge in [0.05, 0.1) is 0 Å². The third-order valence-electron chi connectivity index (χ3n) is 3.58. The molecule has 2 aromatic rings. The maximum absolute atomic E-state index is 13.9. The molecule has 0 unspecified atom stereocenters. The first kappa shape index (κ1) is 20.3. The van der Waals surface area contributed by atoms with Gasteiger partial charge in [-0.25, -0.2) is 4.39 Å². The number of hydrogen-bond acceptors (Lipinski definition) is 3. The fourth-order valence-corrected chi connectivity index (χ4v) is 2.28. The number of nitrogens with one attached hydrogen (secondary N) is 3. The molecule has 1 aromatic heterocycles. The van der Waals surface area contributed by atoms with Crippen LogP contribution in [0.2, 0.25) is 0 Å². The maximum Gasteiger partial charge on any atom is 0.405 e. The molecular formula is C17H17F4N3O3. The van der Waals surface area contributed by atoms with E-state index in [1.165, 1.54) is 32.2 Å². The molecule has 1 heterocycles. The van der Waals surface area contributed by atoms with E-state index in [0.717, 1.165) is 6.07 Å². The largest absolute Gasteiger partial charge is 0.483 e. The number of ether oxygens (including phenoxy) is 1. The van der Waals surface area contributed by atoms with Crippen LogP contribution in [0.1, 0.15) is 39.6 Å². The van der Waals surface area contributed by atoms with Gasteiger partial charge < -0.3 is 20.4 Å². The third-order valence-corrected chi connectivity index (χ3v) is 3.58. The average Bonchev–Trinajstić information content (AvgIpc) is 3.02. The van der Waals surface area contributed by atoms with E-state index in [9.17, 15) is 27.2 Å². The molecule has 0 saturated heterocycles. The number of rotatable bonds is 6. The first-order chi connectivity index (χ1) is 12.6. The number of carbonyl (C=O) groups is 2. The van der Waals surface area contributed by atoms with E-state index in [4.69, 9.17) is 4.74 Å². The molecule has 1 aromatic carbocycles. The van der Waals surface area contributed by atoms with E-state index in [1.807, 2.05) is 0 Å². The number of aromatic nitrogens is 1. The highest BCUT2D eigenvalue weighted by Crippen LogP contribution is 2.28. The fourth-order valence-electron chi connectivity index (χ4n) is 2.28. The molecule has 6 nitrogen and oxygen atoms in total. The summed E-state index contributed by atoms with van der Waals surface area (Å²) in [5.41, 5.74) is -0.254. The van der Waals surface area contributed by atoms with Crippen molar-refractivity contribution in [1.82, 2.24) is 15.6 Å². The van der Waals surface area contributed by atoms with Crippen molar-refractivity contribution in [3.05, 3.63) is 53.1 Å². The standard InChI is InChI=1S/C17H17F4N3O3/c1-9(10-5-3-4-6-11(10)18)27-13-7-12(24-14(13)16(26)22-2)15(25)23-8-17(19,20)21/h3-7,9,24H,8H2,1-2H3,(H,22,26)(H,23,25)/t9-/m1/s1. The van der Waals surface area contributed by atoms with Crippen LogP contribution in [0.5, 0.6) is 5.75 Å². The van der Waals surface area contributed by atoms with Crippen LogP contribution in [0.15, 0.2) is 30.3 Å². The second-order valence-corrected chi connectivity index (χ2v) is 5.58. The summed E-state index contributed by atoms with van der Waals surface area (Å²) in [5.74, 6) is -2.33. The number of carbonyl (C=O) groups excluding carboxylic acids is 2. The van der Waals surface area contributed by atoms with Crippen LogP contribution >= 0.6 is 0 Å². The van der Waals surface area contributed by atoms with Crippen LogP contribution in [0.4, 0.5) is 17.6 Å². The lowest BCUT2D eigenvalue weighted by atomic mass is 10.1. The van der Waals surface area contributed by atoms with Crippen molar-refractivity contribution in [2.45, 2.75) is 19.2 Å². The number of amides is 2. The Morgan fingerprint density at radius 2 is 1.89 bits per heavy atom. The molecule has 0 fully saturated rings. The van der Waals surface area contributed by atoms with Crippen LogP contribution in [-0.4, -0.2) is 36.6 Å². The maximum atomic E-state index is 13.9. The monoisotopic (exact) mass is 387 g/mol. The number of aromatic amines is 1. The highest BCUT2D eigenvalue weighted by molar-refractivity contribution is 5.99. The van der Waals surface area contributed by atoms with E-state index in [1.54, 1.807) is 11.4 Å². The minimum absolute atomic E-state index is 0.0951. The summed E-state index contributed by atoms with van der Waals surface area (Å²) in [5, 5.41) is 4.01. The van der Waals surface area contributed by atoms with Gasteiger partial charge in [-0.3, -0.25) is 9.59 Å². The molecule has 10 heteroatoms. The molecule has 0 spiro atoms. The summed E-state index contributed by atoms with van der Waals surface area (Å²) < 4.78 is 56.2. The molecule has 2 amide bonds. The summed E-state index contributed by atoms with van der Waals surface area (Å²) in [6, 6.07) is 6.92. The van der Waals surface area contributed by atoms with E-state index in [2.05, 4.69) is 10.3 Å². The molecule has 0 radical (unpaired) electrons. The smallest absolute Gasteiger partial charge is 0.405 e. The first-order valence-corrected chi connectivity index (χ1v) is 7.83. The molecule has 146 valence electrons. The normalized spacial score (nSPS) is 12.4. The molecule has 27 heavy (non-hydrogen) atoms. The lowest BCUT2D eigenvalue weighted by Crippen LogP contribution is -2.34. The van der Waals surface area contributed by atoms with Crippen LogP contribution in [0, 0.1) is 5.82 Å². The lowest BCUT2D eigenvalue weighted by Gasteiger charge is -2.15. The van der Waals surface area contributed by atoms with Crippen molar-refractivity contribution in [2.75, 3.05) is 13.6 Å². The lowest BCUT2D eigenvalue weighted by molar-refractivity contribution is -0.123. The first-order valence-electron chi connectivity index (χ1n) is 7.83. The number of benzene rings is 1. The SMILES string of the molecule is CNC(=O)c1[nH]c(C(=O)NCC(F)(F)F)cc1O[C@H](C)c1ccccc1F. The summed E-state index contributed by atoms with van der Waals surface area (Å²) >= 11 is 0. The van der Waals surface area contributed by atoms with Gasteiger partial charge in [-0.2, -0.15) is 13.2 Å². The van der Waals surface area contributed by atoms with Gasteiger partial charge in [0.1, 0.15) is 29.9 Å². The Balaban J connectivity index is 2.26. The van der Waals surface area contributed by atoms with Crippen molar-refractivity contribution in [3.8, 4) is 5.75 Å². The second-order valence-electron chi connectivity index (χ2n) is 5.58. The molecule has 2 rings (SSSR count). The third kappa shape index (κ3) is 5.22. The predicted octanol–water partition coefficient (Wildman–Crippen LogP) is 2.95. The van der Waals surface area contributed by atoms with Crippen LogP contribution in [-0.2, 0) is 0 Å². The predicted molar refractivity (Wildman–Crippen MR) is 88.0 cm³/mol. The minimum Gasteiger partial charge on any atom is -0.483 e. The van der Waals surface area contributed by atoms with Gasteiger partial charge in [-0.05, 0) is 13.0 Å². The fraction of sp³-hybridized carbons (Fsp3) is 0.294. The van der Waals surface area contributed by atoms with Crippen molar-refractivity contribution < 1.29 is 31.9 Å². The van der Waals surface area contributed by atoms with Crippen LogP contribution in [0.3, 0.4) is 0 Å². The molecule has 0 aliphatic carbocycles. The number of H-pyrrole nitrogens is 1. The zero-order chi connectivity index (χ0) is 20.2. The highest BCUT2D eigenvalue weighted by atomic mass is 19.4.